The van der Waals surface area contributed by atoms with E-state index in [4.69, 9.17) is 0 Å². The van der Waals surface area contributed by atoms with Gasteiger partial charge in [0.25, 0.3) is 0 Å². The Balaban J connectivity index is 1.85. The number of hydrogen-bond acceptors (Lipinski definition) is 3. The van der Waals surface area contributed by atoms with E-state index in [2.05, 4.69) is 42.5 Å². The average molecular weight is 307 g/mol. The van der Waals surface area contributed by atoms with Gasteiger partial charge in [0.15, 0.2) is 0 Å². The zero-order valence-corrected chi connectivity index (χ0v) is 14.5. The van der Waals surface area contributed by atoms with Gasteiger partial charge in [-0.1, -0.05) is 13.8 Å². The number of hydrogen-bond donors (Lipinski definition) is 0. The van der Waals surface area contributed by atoms with Crippen molar-refractivity contribution < 1.29 is 4.39 Å². The maximum atomic E-state index is 13.7. The van der Waals surface area contributed by atoms with Crippen molar-refractivity contribution in [3.8, 4) is 0 Å². The van der Waals surface area contributed by atoms with Crippen LogP contribution in [0.5, 0.6) is 0 Å². The summed E-state index contributed by atoms with van der Waals surface area (Å²) in [6.45, 7) is 14.8. The van der Waals surface area contributed by atoms with Crippen LogP contribution >= 0.6 is 0 Å². The molecule has 0 spiro atoms. The van der Waals surface area contributed by atoms with Gasteiger partial charge in [0, 0.05) is 44.5 Å². The lowest BCUT2D eigenvalue weighted by atomic mass is 9.93. The van der Waals surface area contributed by atoms with Crippen LogP contribution in [0, 0.1) is 11.7 Å². The molecule has 1 aliphatic rings. The zero-order valence-electron chi connectivity index (χ0n) is 14.5. The number of aromatic nitrogens is 1. The maximum absolute atomic E-state index is 13.7. The summed E-state index contributed by atoms with van der Waals surface area (Å²) >= 11 is 0. The molecule has 0 atom stereocenters. The highest BCUT2D eigenvalue weighted by molar-refractivity contribution is 5.08. The summed E-state index contributed by atoms with van der Waals surface area (Å²) < 4.78 is 13.7. The summed E-state index contributed by atoms with van der Waals surface area (Å²) in [5, 5.41) is 0. The third-order valence-corrected chi connectivity index (χ3v) is 4.66. The van der Waals surface area contributed by atoms with Gasteiger partial charge in [-0.15, -0.1) is 0 Å². The molecule has 1 aromatic heterocycles. The molecule has 22 heavy (non-hydrogen) atoms. The van der Waals surface area contributed by atoms with Gasteiger partial charge in [-0.2, -0.15) is 0 Å². The number of nitrogens with zero attached hydrogens (tertiary/aromatic N) is 3. The van der Waals surface area contributed by atoms with E-state index in [9.17, 15) is 4.39 Å². The first-order valence-electron chi connectivity index (χ1n) is 8.45. The summed E-state index contributed by atoms with van der Waals surface area (Å²) in [4.78, 5) is 9.27. The second-order valence-electron chi connectivity index (χ2n) is 7.43. The summed E-state index contributed by atoms with van der Waals surface area (Å²) in [5.41, 5.74) is 0.683. The van der Waals surface area contributed by atoms with Gasteiger partial charge >= 0.3 is 0 Å². The van der Waals surface area contributed by atoms with Crippen molar-refractivity contribution in [3.63, 3.8) is 0 Å². The quantitative estimate of drug-likeness (QED) is 0.804. The Morgan fingerprint density at radius 3 is 2.50 bits per heavy atom. The average Bonchev–Trinajstić information content (AvgIpc) is 2.46. The molecule has 2 rings (SSSR count). The van der Waals surface area contributed by atoms with Crippen LogP contribution in [0.25, 0.3) is 0 Å². The third-order valence-electron chi connectivity index (χ3n) is 4.66. The minimum atomic E-state index is -0.181. The molecular weight excluding hydrogens is 277 g/mol. The van der Waals surface area contributed by atoms with Crippen LogP contribution in [0.15, 0.2) is 18.3 Å². The van der Waals surface area contributed by atoms with Gasteiger partial charge in [0.1, 0.15) is 5.82 Å². The molecule has 0 aliphatic carbocycles. The van der Waals surface area contributed by atoms with Gasteiger partial charge in [-0.3, -0.25) is 9.88 Å². The first-order valence-corrected chi connectivity index (χ1v) is 8.45. The van der Waals surface area contributed by atoms with Crippen LogP contribution in [0.2, 0.25) is 0 Å². The summed E-state index contributed by atoms with van der Waals surface area (Å²) in [6, 6.07) is 3.15. The van der Waals surface area contributed by atoms with Gasteiger partial charge in [0.05, 0.1) is 5.69 Å². The molecule has 0 bridgehead atoms. The smallest absolute Gasteiger partial charge is 0.144 e. The van der Waals surface area contributed by atoms with Gasteiger partial charge in [-0.05, 0) is 44.7 Å². The topological polar surface area (TPSA) is 19.4 Å². The second kappa shape index (κ2) is 7.51. The second-order valence-corrected chi connectivity index (χ2v) is 7.43. The highest BCUT2D eigenvalue weighted by Crippen LogP contribution is 2.23. The van der Waals surface area contributed by atoms with E-state index in [1.807, 2.05) is 0 Å². The number of pyridine rings is 1. The Bertz CT molecular complexity index is 465. The van der Waals surface area contributed by atoms with E-state index in [0.29, 0.717) is 12.1 Å². The van der Waals surface area contributed by atoms with Crippen molar-refractivity contribution >= 4 is 0 Å². The molecule has 1 aliphatic heterocycles. The van der Waals surface area contributed by atoms with Crippen LogP contribution < -0.4 is 0 Å². The summed E-state index contributed by atoms with van der Waals surface area (Å²) in [7, 11) is 0. The van der Waals surface area contributed by atoms with E-state index in [1.54, 1.807) is 12.3 Å². The zero-order chi connectivity index (χ0) is 16.2. The fourth-order valence-electron chi connectivity index (χ4n) is 3.24. The maximum Gasteiger partial charge on any atom is 0.144 e. The van der Waals surface area contributed by atoms with E-state index in [0.717, 1.165) is 38.5 Å². The lowest BCUT2D eigenvalue weighted by molar-refractivity contribution is 0.0432. The number of piperazine rings is 1. The standard InChI is InChI=1S/C18H30FN3/c1-15(2)14-21-10-12-22(13-11-21)18(3,4)8-7-17-16(19)6-5-9-20-17/h5-6,9,15H,7-8,10-14H2,1-4H3. The minimum Gasteiger partial charge on any atom is -0.301 e. The Morgan fingerprint density at radius 1 is 1.23 bits per heavy atom. The molecule has 0 aromatic carbocycles. The van der Waals surface area contributed by atoms with Gasteiger partial charge in [-0.25, -0.2) is 4.39 Å². The SMILES string of the molecule is CC(C)CN1CCN(C(C)(C)CCc2ncccc2F)CC1. The Kier molecular flexibility index (Phi) is 5.93. The molecule has 4 heteroatoms. The molecule has 0 radical (unpaired) electrons. The van der Waals surface area contributed by atoms with Crippen molar-refractivity contribution in [1.82, 2.24) is 14.8 Å². The lowest BCUT2D eigenvalue weighted by Gasteiger charge is -2.44. The molecule has 0 N–H and O–H groups in total. The monoisotopic (exact) mass is 307 g/mol. The van der Waals surface area contributed by atoms with Gasteiger partial charge in [0.2, 0.25) is 0 Å². The molecule has 0 saturated carbocycles. The Morgan fingerprint density at radius 2 is 1.91 bits per heavy atom. The van der Waals surface area contributed by atoms with Crippen molar-refractivity contribution in [1.29, 1.82) is 0 Å². The van der Waals surface area contributed by atoms with Crippen molar-refractivity contribution in [2.24, 2.45) is 5.92 Å². The minimum absolute atomic E-state index is 0.0912. The van der Waals surface area contributed by atoms with Crippen LogP contribution in [0.3, 0.4) is 0 Å². The van der Waals surface area contributed by atoms with Gasteiger partial charge < -0.3 is 4.90 Å². The molecule has 2 heterocycles. The normalized spacial score (nSPS) is 18.1. The van der Waals surface area contributed by atoms with Crippen LogP contribution in [0.1, 0.15) is 39.8 Å². The number of aryl methyl sites for hydroxylation is 1. The molecular formula is C18H30FN3. The molecule has 124 valence electrons. The molecule has 0 amide bonds. The highest BCUT2D eigenvalue weighted by Gasteiger charge is 2.30. The summed E-state index contributed by atoms with van der Waals surface area (Å²) in [5.74, 6) is 0.548. The Hall–Kier alpha value is -1.00. The fourth-order valence-corrected chi connectivity index (χ4v) is 3.24. The molecule has 1 aromatic rings. The Labute approximate surface area is 134 Å². The van der Waals surface area contributed by atoms with E-state index >= 15 is 0 Å². The van der Waals surface area contributed by atoms with Crippen molar-refractivity contribution in [2.75, 3.05) is 32.7 Å². The van der Waals surface area contributed by atoms with Crippen molar-refractivity contribution in [2.45, 2.75) is 46.1 Å². The van der Waals surface area contributed by atoms with Crippen LogP contribution in [-0.4, -0.2) is 53.0 Å². The first kappa shape index (κ1) is 17.4. The fraction of sp³-hybridized carbons (Fsp3) is 0.722. The lowest BCUT2D eigenvalue weighted by Crippen LogP contribution is -2.55. The molecule has 3 nitrogen and oxygen atoms in total. The highest BCUT2D eigenvalue weighted by atomic mass is 19.1. The molecule has 1 fully saturated rings. The van der Waals surface area contributed by atoms with E-state index < -0.39 is 0 Å². The van der Waals surface area contributed by atoms with E-state index in [-0.39, 0.29) is 11.4 Å². The first-order chi connectivity index (χ1) is 10.4. The van der Waals surface area contributed by atoms with Crippen LogP contribution in [0.4, 0.5) is 4.39 Å². The number of halogens is 1. The largest absolute Gasteiger partial charge is 0.301 e. The van der Waals surface area contributed by atoms with Crippen LogP contribution in [-0.2, 0) is 6.42 Å². The predicted octanol–water partition coefficient (Wildman–Crippen LogP) is 3.21. The summed E-state index contributed by atoms with van der Waals surface area (Å²) in [6.07, 6.45) is 3.31. The molecule has 1 saturated heterocycles. The number of rotatable bonds is 6. The van der Waals surface area contributed by atoms with Crippen molar-refractivity contribution in [3.05, 3.63) is 29.8 Å². The predicted molar refractivity (Wildman–Crippen MR) is 89.4 cm³/mol. The third kappa shape index (κ3) is 4.75. The molecule has 0 unspecified atom stereocenters. The van der Waals surface area contributed by atoms with E-state index in [1.165, 1.54) is 12.6 Å².